The van der Waals surface area contributed by atoms with Crippen LogP contribution in [0.3, 0.4) is 0 Å². The highest BCUT2D eigenvalue weighted by Gasteiger charge is 2.53. The predicted molar refractivity (Wildman–Crippen MR) is 383 cm³/mol. The summed E-state index contributed by atoms with van der Waals surface area (Å²) in [6.07, 6.45) is 49.0. The fourth-order valence-electron chi connectivity index (χ4n) is 12.8. The zero-order chi connectivity index (χ0) is 70.4. The lowest BCUT2D eigenvalue weighted by Gasteiger charge is -2.48. The van der Waals surface area contributed by atoms with Crippen LogP contribution in [0, 0.1) is 0 Å². The Balaban J connectivity index is 1.34. The van der Waals surface area contributed by atoms with Gasteiger partial charge in [-0.15, -0.1) is 0 Å². The van der Waals surface area contributed by atoms with Gasteiger partial charge in [0.25, 0.3) is 0 Å². The van der Waals surface area contributed by atoms with Gasteiger partial charge in [0.2, 0.25) is 5.91 Å². The highest BCUT2D eigenvalue weighted by Crippen LogP contribution is 2.33. The average molecular weight is 1380 g/mol. The number of amides is 1. The Hall–Kier alpha value is -2.77. The Kier molecular flexibility index (Phi) is 53.5. The Morgan fingerprint density at radius 3 is 1.15 bits per heavy atom. The zero-order valence-electron chi connectivity index (χ0n) is 60.0. The monoisotopic (exact) mass is 1380 g/mol. The molecule has 0 saturated carbocycles. The summed E-state index contributed by atoms with van der Waals surface area (Å²) < 4.78 is 34.4. The van der Waals surface area contributed by atoms with Gasteiger partial charge in [0.05, 0.1) is 38.6 Å². The molecule has 0 radical (unpaired) electrons. The van der Waals surface area contributed by atoms with Gasteiger partial charge in [-0.3, -0.25) is 4.79 Å². The summed E-state index contributed by atoms with van der Waals surface area (Å²) in [6.45, 7) is 1.62. The second-order valence-corrected chi connectivity index (χ2v) is 27.4. The van der Waals surface area contributed by atoms with Gasteiger partial charge in [0.1, 0.15) is 73.2 Å². The number of rotatable bonds is 60. The van der Waals surface area contributed by atoms with Crippen molar-refractivity contribution >= 4 is 5.91 Å². The molecular weight excluding hydrogens is 1240 g/mol. The number of carbonyl (C=O) groups excluding carboxylic acids is 1. The standard InChI is InChI=1S/C78H139NO18/c1-3-5-7-9-11-13-15-17-19-21-22-23-24-25-26-27-28-29-30-31-32-33-34-35-36-37-38-40-42-44-46-48-50-52-54-56-66(84)79-61(62(83)55-53-51-49-47-45-43-41-39-20-18-16-14-12-10-8-6-4-2)60-92-76-72(90)69(87)74(64(58-81)94-76)97-78-73(91)70(88)75(65(59-82)95-78)96-77-71(89)68(86)67(85)63(57-80)93-77/h5,7,11,13,17,19,22-23,45,47,53,55,61-65,67-78,80-83,85-91H,3-4,6,8-10,12,14-16,18,20-21,24-44,46,48-52,54,56-60H2,1-2H3,(H,79,84)/b7-5-,13-11-,19-17-,23-22-,47-45+,55-53+. The van der Waals surface area contributed by atoms with E-state index in [4.69, 9.17) is 28.4 Å². The molecule has 3 aliphatic heterocycles. The summed E-state index contributed by atoms with van der Waals surface area (Å²) in [6, 6.07) is -0.991. The quantitative estimate of drug-likeness (QED) is 0.0199. The van der Waals surface area contributed by atoms with Crippen LogP contribution in [0.25, 0.3) is 0 Å². The summed E-state index contributed by atoms with van der Waals surface area (Å²) in [5.74, 6) is -0.283. The van der Waals surface area contributed by atoms with E-state index >= 15 is 0 Å². The fraction of sp³-hybridized carbons (Fsp3) is 0.833. The van der Waals surface area contributed by atoms with Crippen molar-refractivity contribution in [3.8, 4) is 0 Å². The number of carbonyl (C=O) groups is 1. The Labute approximate surface area is 585 Å². The van der Waals surface area contributed by atoms with Crippen molar-refractivity contribution in [1.29, 1.82) is 0 Å². The van der Waals surface area contributed by atoms with Crippen molar-refractivity contribution in [2.24, 2.45) is 0 Å². The highest BCUT2D eigenvalue weighted by atomic mass is 16.8. The average Bonchev–Trinajstić information content (AvgIpc) is 0.792. The van der Waals surface area contributed by atoms with E-state index in [-0.39, 0.29) is 18.9 Å². The number of hydrogen-bond acceptors (Lipinski definition) is 18. The minimum atomic E-state index is -1.98. The zero-order valence-corrected chi connectivity index (χ0v) is 60.0. The summed E-state index contributed by atoms with van der Waals surface area (Å²) >= 11 is 0. The third-order valence-electron chi connectivity index (χ3n) is 19.0. The van der Waals surface area contributed by atoms with Crippen molar-refractivity contribution in [2.45, 2.75) is 388 Å². The van der Waals surface area contributed by atoms with E-state index < -0.39 is 124 Å². The van der Waals surface area contributed by atoms with E-state index in [9.17, 15) is 61.0 Å². The second-order valence-electron chi connectivity index (χ2n) is 27.4. The lowest BCUT2D eigenvalue weighted by atomic mass is 9.96. The highest BCUT2D eigenvalue weighted by molar-refractivity contribution is 5.76. The minimum absolute atomic E-state index is 0.236. The Bertz CT molecular complexity index is 2040. The summed E-state index contributed by atoms with van der Waals surface area (Å²) in [7, 11) is 0. The predicted octanol–water partition coefficient (Wildman–Crippen LogP) is 12.1. The number of aliphatic hydroxyl groups excluding tert-OH is 11. The van der Waals surface area contributed by atoms with Crippen LogP contribution in [0.4, 0.5) is 0 Å². The molecule has 17 unspecified atom stereocenters. The van der Waals surface area contributed by atoms with Crippen LogP contribution in [0.2, 0.25) is 0 Å². The molecular formula is C78H139NO18. The Morgan fingerprint density at radius 2 is 0.722 bits per heavy atom. The normalized spacial score (nSPS) is 27.3. The smallest absolute Gasteiger partial charge is 0.220 e. The molecule has 3 fully saturated rings. The van der Waals surface area contributed by atoms with Crippen LogP contribution in [0.1, 0.15) is 284 Å². The lowest BCUT2D eigenvalue weighted by Crippen LogP contribution is -2.66. The molecule has 0 aliphatic carbocycles. The van der Waals surface area contributed by atoms with Gasteiger partial charge in [-0.05, 0) is 70.6 Å². The van der Waals surface area contributed by atoms with E-state index in [1.165, 1.54) is 186 Å². The topological polar surface area (TPSA) is 307 Å². The maximum atomic E-state index is 13.4. The molecule has 564 valence electrons. The van der Waals surface area contributed by atoms with Crippen LogP contribution in [-0.2, 0) is 33.2 Å². The molecule has 0 spiro atoms. The van der Waals surface area contributed by atoms with Crippen molar-refractivity contribution in [2.75, 3.05) is 26.4 Å². The molecule has 19 nitrogen and oxygen atoms in total. The first-order chi connectivity index (χ1) is 47.3. The van der Waals surface area contributed by atoms with Crippen LogP contribution in [-0.4, -0.2) is 193 Å². The van der Waals surface area contributed by atoms with E-state index in [0.717, 1.165) is 64.2 Å². The minimum Gasteiger partial charge on any atom is -0.394 e. The second kappa shape index (κ2) is 58.7. The van der Waals surface area contributed by atoms with E-state index in [2.05, 4.69) is 79.9 Å². The van der Waals surface area contributed by atoms with Gasteiger partial charge in [-0.2, -0.15) is 0 Å². The van der Waals surface area contributed by atoms with Crippen molar-refractivity contribution in [3.63, 3.8) is 0 Å². The Morgan fingerprint density at radius 1 is 0.381 bits per heavy atom. The summed E-state index contributed by atoms with van der Waals surface area (Å²) in [5, 5.41) is 121. The van der Waals surface area contributed by atoms with Gasteiger partial charge < -0.3 is 89.9 Å². The largest absolute Gasteiger partial charge is 0.394 e. The molecule has 3 heterocycles. The number of aliphatic hydroxyl groups is 11. The summed E-state index contributed by atoms with van der Waals surface area (Å²) in [4.78, 5) is 13.4. The van der Waals surface area contributed by atoms with E-state index in [1.807, 2.05) is 6.08 Å². The number of unbranched alkanes of at least 4 members (excludes halogenated alkanes) is 34. The molecule has 0 aromatic heterocycles. The van der Waals surface area contributed by atoms with Gasteiger partial charge in [-0.1, -0.05) is 279 Å². The lowest BCUT2D eigenvalue weighted by molar-refractivity contribution is -0.379. The van der Waals surface area contributed by atoms with E-state index in [0.29, 0.717) is 12.8 Å². The SMILES string of the molecule is CC/C=C\C/C=C\C/C=C\C/C=C\CCCCCCCCCCCCCCCCCCCCCCCCC(=O)NC(COC1OC(CO)C(OC2OC(CO)C(OC3OC(CO)C(O)C(O)C3O)C(O)C2O)C(O)C1O)C(O)/C=C/CC/C=C/CCCCCCCCCCCCC. The molecule has 0 bridgehead atoms. The number of nitrogens with one attached hydrogen (secondary N) is 1. The third kappa shape index (κ3) is 39.5. The molecule has 0 aromatic carbocycles. The van der Waals surface area contributed by atoms with Gasteiger partial charge in [0, 0.05) is 6.42 Å². The molecule has 0 aromatic rings. The first kappa shape index (κ1) is 88.4. The third-order valence-corrected chi connectivity index (χ3v) is 19.0. The maximum Gasteiger partial charge on any atom is 0.220 e. The number of hydrogen-bond donors (Lipinski definition) is 12. The molecule has 3 rings (SSSR count). The maximum absolute atomic E-state index is 13.4. The van der Waals surface area contributed by atoms with E-state index in [1.54, 1.807) is 6.08 Å². The molecule has 1 amide bonds. The van der Waals surface area contributed by atoms with Crippen molar-refractivity contribution < 1.29 is 89.4 Å². The molecule has 97 heavy (non-hydrogen) atoms. The molecule has 19 heteroatoms. The van der Waals surface area contributed by atoms with Gasteiger partial charge in [-0.25, -0.2) is 0 Å². The fourth-order valence-corrected chi connectivity index (χ4v) is 12.8. The van der Waals surface area contributed by atoms with Gasteiger partial charge in [0.15, 0.2) is 18.9 Å². The van der Waals surface area contributed by atoms with Crippen LogP contribution in [0.5, 0.6) is 0 Å². The summed E-state index contributed by atoms with van der Waals surface area (Å²) in [5.41, 5.74) is 0. The number of allylic oxidation sites excluding steroid dienone is 11. The van der Waals surface area contributed by atoms with Crippen molar-refractivity contribution in [1.82, 2.24) is 5.32 Å². The van der Waals surface area contributed by atoms with Crippen LogP contribution < -0.4 is 5.32 Å². The molecule has 17 atom stereocenters. The molecule has 3 saturated heterocycles. The van der Waals surface area contributed by atoms with Crippen LogP contribution >= 0.6 is 0 Å². The molecule has 3 aliphatic rings. The van der Waals surface area contributed by atoms with Crippen LogP contribution in [0.15, 0.2) is 72.9 Å². The van der Waals surface area contributed by atoms with Gasteiger partial charge >= 0.3 is 0 Å². The first-order valence-corrected chi connectivity index (χ1v) is 38.7. The number of ether oxygens (including phenoxy) is 6. The molecule has 12 N–H and O–H groups in total. The first-order valence-electron chi connectivity index (χ1n) is 38.7. The van der Waals surface area contributed by atoms with Crippen molar-refractivity contribution in [3.05, 3.63) is 72.9 Å².